The predicted molar refractivity (Wildman–Crippen MR) is 136 cm³/mol. The van der Waals surface area contributed by atoms with Crippen LogP contribution in [0.4, 0.5) is 11.4 Å². The van der Waals surface area contributed by atoms with Crippen LogP contribution in [-0.4, -0.2) is 28.4 Å². The van der Waals surface area contributed by atoms with E-state index >= 15 is 0 Å². The van der Waals surface area contributed by atoms with Crippen molar-refractivity contribution >= 4 is 58.0 Å². The molecule has 0 bridgehead atoms. The van der Waals surface area contributed by atoms with Gasteiger partial charge in [-0.25, -0.2) is 5.01 Å². The van der Waals surface area contributed by atoms with E-state index in [0.29, 0.717) is 38.5 Å². The number of non-ortho nitro benzene ring substituents is 1. The molecular weight excluding hydrogens is 531 g/mol. The van der Waals surface area contributed by atoms with Crippen LogP contribution in [-0.2, 0) is 4.79 Å². The maximum Gasteiger partial charge on any atom is 0.276 e. The van der Waals surface area contributed by atoms with Gasteiger partial charge in [-0.3, -0.25) is 25.1 Å². The molecule has 0 radical (unpaired) electrons. The second-order valence-electron chi connectivity index (χ2n) is 7.82. The highest BCUT2D eigenvalue weighted by Gasteiger charge is 2.34. The second kappa shape index (κ2) is 11.0. The Kier molecular flexibility index (Phi) is 7.83. The minimum absolute atomic E-state index is 0.0599. The molecule has 0 spiro atoms. The fraction of sp³-hybridized carbons (Fsp3) is 0.167. The Morgan fingerprint density at radius 2 is 1.75 bits per heavy atom. The summed E-state index contributed by atoms with van der Waals surface area (Å²) in [5.74, 6) is -0.455. The van der Waals surface area contributed by atoms with Gasteiger partial charge in [-0.05, 0) is 60.5 Å². The molecule has 9 nitrogen and oxygen atoms in total. The van der Waals surface area contributed by atoms with Crippen molar-refractivity contribution in [2.75, 3.05) is 11.9 Å². The molecule has 1 aliphatic heterocycles. The number of carbonyl (C=O) groups is 2. The van der Waals surface area contributed by atoms with Crippen molar-refractivity contribution in [1.29, 1.82) is 0 Å². The predicted octanol–water partition coefficient (Wildman–Crippen LogP) is 6.01. The average Bonchev–Trinajstić information content (AvgIpc) is 2.85. The maximum absolute atomic E-state index is 13.3. The maximum atomic E-state index is 13.3. The summed E-state index contributed by atoms with van der Waals surface area (Å²) in [5, 5.41) is 16.6. The highest BCUT2D eigenvalue weighted by Crippen LogP contribution is 2.34. The SMILES string of the molecule is O=C(CCCOc1ccc(Cl)cc1Cl)NN1C(=O)c2cc(Cl)ccc2NC1c1ccc([N+](=O)[O-])cc1. The lowest BCUT2D eigenvalue weighted by atomic mass is 10.0. The zero-order valence-electron chi connectivity index (χ0n) is 18.5. The number of anilines is 1. The van der Waals surface area contributed by atoms with Gasteiger partial charge in [0.05, 0.1) is 22.1 Å². The van der Waals surface area contributed by atoms with E-state index in [9.17, 15) is 19.7 Å². The van der Waals surface area contributed by atoms with Gasteiger partial charge in [-0.2, -0.15) is 0 Å². The Morgan fingerprint density at radius 1 is 1.06 bits per heavy atom. The van der Waals surface area contributed by atoms with Gasteiger partial charge in [0.1, 0.15) is 11.9 Å². The van der Waals surface area contributed by atoms with Crippen LogP contribution >= 0.6 is 34.8 Å². The lowest BCUT2D eigenvalue weighted by Crippen LogP contribution is -2.52. The van der Waals surface area contributed by atoms with Crippen molar-refractivity contribution in [1.82, 2.24) is 10.4 Å². The lowest BCUT2D eigenvalue weighted by Gasteiger charge is -2.37. The third-order valence-corrected chi connectivity index (χ3v) is 6.11. The molecule has 3 aromatic rings. The number of hydrazine groups is 1. The number of ether oxygens (including phenoxy) is 1. The molecule has 0 saturated heterocycles. The third-order valence-electron chi connectivity index (χ3n) is 5.35. The number of hydrogen-bond acceptors (Lipinski definition) is 6. The smallest absolute Gasteiger partial charge is 0.276 e. The van der Waals surface area contributed by atoms with Gasteiger partial charge in [0.15, 0.2) is 0 Å². The standard InChI is InChI=1S/C24H19Cl3N4O5/c25-15-5-9-20-18(12-15)24(33)30(23(28-20)14-3-7-17(8-4-14)31(34)35)29-22(32)2-1-11-36-21-10-6-16(26)13-19(21)27/h3-10,12-13,23,28H,1-2,11H2,(H,29,32). The zero-order valence-corrected chi connectivity index (χ0v) is 20.8. The molecule has 1 aliphatic rings. The molecule has 0 fully saturated rings. The Bertz CT molecular complexity index is 1320. The summed E-state index contributed by atoms with van der Waals surface area (Å²) in [6, 6.07) is 15.3. The molecule has 0 saturated carbocycles. The molecule has 3 aromatic carbocycles. The Labute approximate surface area is 221 Å². The lowest BCUT2D eigenvalue weighted by molar-refractivity contribution is -0.384. The van der Waals surface area contributed by atoms with E-state index in [1.165, 1.54) is 30.3 Å². The monoisotopic (exact) mass is 548 g/mol. The van der Waals surface area contributed by atoms with Crippen LogP contribution in [0.25, 0.3) is 0 Å². The molecule has 0 aromatic heterocycles. The Hall–Kier alpha value is -3.53. The van der Waals surface area contributed by atoms with E-state index in [2.05, 4.69) is 10.7 Å². The average molecular weight is 550 g/mol. The van der Waals surface area contributed by atoms with E-state index in [1.54, 1.807) is 30.3 Å². The number of nitrogens with zero attached hydrogens (tertiary/aromatic N) is 2. The summed E-state index contributed by atoms with van der Waals surface area (Å²) < 4.78 is 5.60. The summed E-state index contributed by atoms with van der Waals surface area (Å²) in [5.41, 5.74) is 3.88. The molecule has 0 aliphatic carbocycles. The van der Waals surface area contributed by atoms with E-state index in [-0.39, 0.29) is 24.3 Å². The number of fused-ring (bicyclic) bond motifs is 1. The van der Waals surface area contributed by atoms with Gasteiger partial charge in [0.25, 0.3) is 11.6 Å². The summed E-state index contributed by atoms with van der Waals surface area (Å²) in [4.78, 5) is 36.5. The van der Waals surface area contributed by atoms with Gasteiger partial charge in [-0.1, -0.05) is 34.8 Å². The van der Waals surface area contributed by atoms with Crippen LogP contribution in [0.1, 0.15) is 34.9 Å². The second-order valence-corrected chi connectivity index (χ2v) is 9.10. The number of hydrogen-bond donors (Lipinski definition) is 2. The van der Waals surface area contributed by atoms with Crippen LogP contribution in [0.3, 0.4) is 0 Å². The molecular formula is C24H19Cl3N4O5. The number of halogens is 3. The van der Waals surface area contributed by atoms with Gasteiger partial charge in [-0.15, -0.1) is 0 Å². The fourth-order valence-electron chi connectivity index (χ4n) is 3.60. The highest BCUT2D eigenvalue weighted by atomic mass is 35.5. The van der Waals surface area contributed by atoms with Gasteiger partial charge in [0.2, 0.25) is 5.91 Å². The van der Waals surface area contributed by atoms with Crippen molar-refractivity contribution in [2.24, 2.45) is 0 Å². The zero-order chi connectivity index (χ0) is 25.8. The number of carbonyl (C=O) groups excluding carboxylic acids is 2. The molecule has 1 heterocycles. The van der Waals surface area contributed by atoms with Crippen LogP contribution in [0.2, 0.25) is 15.1 Å². The normalized spacial score (nSPS) is 14.6. The number of rotatable bonds is 8. The molecule has 1 atom stereocenters. The minimum Gasteiger partial charge on any atom is -0.492 e. The van der Waals surface area contributed by atoms with Gasteiger partial charge >= 0.3 is 0 Å². The van der Waals surface area contributed by atoms with E-state index in [0.717, 1.165) is 5.01 Å². The first kappa shape index (κ1) is 25.6. The van der Waals surface area contributed by atoms with Gasteiger partial charge in [0, 0.05) is 34.3 Å². The van der Waals surface area contributed by atoms with Crippen molar-refractivity contribution in [3.63, 3.8) is 0 Å². The van der Waals surface area contributed by atoms with Crippen molar-refractivity contribution in [2.45, 2.75) is 19.0 Å². The molecule has 4 rings (SSSR count). The quantitative estimate of drug-likeness (QED) is 0.202. The molecule has 186 valence electrons. The summed E-state index contributed by atoms with van der Waals surface area (Å²) in [7, 11) is 0. The number of benzene rings is 3. The summed E-state index contributed by atoms with van der Waals surface area (Å²) in [6.07, 6.45) is -0.394. The van der Waals surface area contributed by atoms with Gasteiger partial charge < -0.3 is 10.1 Å². The number of nitro benzene ring substituents is 1. The largest absolute Gasteiger partial charge is 0.492 e. The molecule has 1 unspecified atom stereocenters. The Balaban J connectivity index is 1.46. The Morgan fingerprint density at radius 3 is 2.44 bits per heavy atom. The summed E-state index contributed by atoms with van der Waals surface area (Å²) >= 11 is 18.0. The number of amides is 2. The first-order chi connectivity index (χ1) is 17.2. The summed E-state index contributed by atoms with van der Waals surface area (Å²) in [6.45, 7) is 0.213. The van der Waals surface area contributed by atoms with E-state index in [4.69, 9.17) is 39.5 Å². The fourth-order valence-corrected chi connectivity index (χ4v) is 4.24. The van der Waals surface area contributed by atoms with Crippen molar-refractivity contribution in [3.05, 3.63) is 97.0 Å². The number of nitrogens with one attached hydrogen (secondary N) is 2. The van der Waals surface area contributed by atoms with Crippen LogP contribution in [0, 0.1) is 10.1 Å². The molecule has 12 heteroatoms. The first-order valence-electron chi connectivity index (χ1n) is 10.7. The van der Waals surface area contributed by atoms with Crippen LogP contribution < -0.4 is 15.5 Å². The van der Waals surface area contributed by atoms with Crippen molar-refractivity contribution < 1.29 is 19.2 Å². The van der Waals surface area contributed by atoms with Crippen molar-refractivity contribution in [3.8, 4) is 5.75 Å². The molecule has 2 N–H and O–H groups in total. The van der Waals surface area contributed by atoms with E-state index < -0.39 is 22.9 Å². The van der Waals surface area contributed by atoms with Crippen LogP contribution in [0.15, 0.2) is 60.7 Å². The minimum atomic E-state index is -0.806. The van der Waals surface area contributed by atoms with E-state index in [1.807, 2.05) is 0 Å². The molecule has 36 heavy (non-hydrogen) atoms. The topological polar surface area (TPSA) is 114 Å². The first-order valence-corrected chi connectivity index (χ1v) is 11.9. The highest BCUT2D eigenvalue weighted by molar-refractivity contribution is 6.35. The van der Waals surface area contributed by atoms with Crippen LogP contribution in [0.5, 0.6) is 5.75 Å². The number of nitro groups is 1. The molecule has 2 amide bonds. The third kappa shape index (κ3) is 5.81.